The number of nitrogens with two attached hydrogens (primary N) is 1. The summed E-state index contributed by atoms with van der Waals surface area (Å²) in [5, 5.41) is 0.638. The number of halogens is 4. The van der Waals surface area contributed by atoms with E-state index in [1.165, 1.54) is 12.1 Å². The lowest BCUT2D eigenvalue weighted by Gasteiger charge is -2.40. The molecule has 9 heteroatoms. The summed E-state index contributed by atoms with van der Waals surface area (Å²) >= 11 is 5.94. The van der Waals surface area contributed by atoms with Gasteiger partial charge in [-0.1, -0.05) is 49.7 Å². The molecule has 0 aromatic heterocycles. The van der Waals surface area contributed by atoms with Crippen molar-refractivity contribution in [1.82, 2.24) is 14.7 Å². The van der Waals surface area contributed by atoms with E-state index in [4.69, 9.17) is 17.3 Å². The highest BCUT2D eigenvalue weighted by Crippen LogP contribution is 2.32. The van der Waals surface area contributed by atoms with Gasteiger partial charge in [0.05, 0.1) is 11.6 Å². The molecule has 0 bridgehead atoms. The molecule has 37 heavy (non-hydrogen) atoms. The number of alkyl halides is 3. The van der Waals surface area contributed by atoms with E-state index in [0.29, 0.717) is 37.6 Å². The third-order valence-corrected chi connectivity index (χ3v) is 7.47. The van der Waals surface area contributed by atoms with Crippen LogP contribution in [0.1, 0.15) is 49.4 Å². The number of piperazine rings is 1. The smallest absolute Gasteiger partial charge is 0.339 e. The second kappa shape index (κ2) is 13.6. The number of hydrogen-bond donors (Lipinski definition) is 1. The Balaban J connectivity index is 1.64. The monoisotopic (exact) mass is 538 g/mol. The summed E-state index contributed by atoms with van der Waals surface area (Å²) in [6.07, 6.45) is -2.13. The van der Waals surface area contributed by atoms with Crippen molar-refractivity contribution in [1.29, 1.82) is 0 Å². The van der Waals surface area contributed by atoms with Crippen molar-refractivity contribution in [2.24, 2.45) is 5.73 Å². The molecule has 1 fully saturated rings. The van der Waals surface area contributed by atoms with E-state index < -0.39 is 17.8 Å². The van der Waals surface area contributed by atoms with E-state index in [1.54, 1.807) is 29.2 Å². The fraction of sp³-hybridized carbons (Fsp3) is 0.536. The van der Waals surface area contributed by atoms with E-state index in [2.05, 4.69) is 23.6 Å². The van der Waals surface area contributed by atoms with Gasteiger partial charge in [-0.3, -0.25) is 9.69 Å². The number of benzene rings is 2. The molecule has 1 aliphatic heterocycles. The van der Waals surface area contributed by atoms with Gasteiger partial charge in [-0.05, 0) is 74.3 Å². The van der Waals surface area contributed by atoms with Crippen LogP contribution in [0.3, 0.4) is 0 Å². The van der Waals surface area contributed by atoms with Crippen LogP contribution in [-0.2, 0) is 17.4 Å². The zero-order valence-corrected chi connectivity index (χ0v) is 22.4. The Morgan fingerprint density at radius 3 is 2.14 bits per heavy atom. The maximum atomic E-state index is 13.1. The maximum Gasteiger partial charge on any atom is 0.416 e. The number of hydrogen-bond acceptors (Lipinski definition) is 4. The number of amides is 1. The van der Waals surface area contributed by atoms with Gasteiger partial charge in [0.2, 0.25) is 5.91 Å². The molecule has 2 aromatic carbocycles. The fourth-order valence-corrected chi connectivity index (χ4v) is 5.08. The van der Waals surface area contributed by atoms with Crippen LogP contribution in [0.2, 0.25) is 5.02 Å². The molecule has 0 radical (unpaired) electrons. The molecule has 204 valence electrons. The Morgan fingerprint density at radius 2 is 1.59 bits per heavy atom. The average molecular weight is 539 g/mol. The van der Waals surface area contributed by atoms with Gasteiger partial charge in [0, 0.05) is 37.2 Å². The molecular weight excluding hydrogens is 501 g/mol. The fourth-order valence-electron chi connectivity index (χ4n) is 4.95. The van der Waals surface area contributed by atoms with Crippen LogP contribution in [0.4, 0.5) is 13.2 Å². The minimum atomic E-state index is -4.35. The summed E-state index contributed by atoms with van der Waals surface area (Å²) in [4.78, 5) is 19.4. The molecule has 2 aromatic rings. The number of rotatable bonds is 11. The van der Waals surface area contributed by atoms with Crippen LogP contribution in [0.25, 0.3) is 0 Å². The predicted octanol–water partition coefficient (Wildman–Crippen LogP) is 5.24. The molecule has 2 N–H and O–H groups in total. The molecule has 1 saturated heterocycles. The van der Waals surface area contributed by atoms with Crippen LogP contribution < -0.4 is 5.73 Å². The average Bonchev–Trinajstić information content (AvgIpc) is 2.89. The highest BCUT2D eigenvalue weighted by atomic mass is 35.5. The highest BCUT2D eigenvalue weighted by molar-refractivity contribution is 6.30. The second-order valence-corrected chi connectivity index (χ2v) is 10.0. The minimum absolute atomic E-state index is 0.00200. The Bertz CT molecular complexity index is 972. The van der Waals surface area contributed by atoms with Crippen molar-refractivity contribution >= 4 is 17.5 Å². The molecule has 1 unspecified atom stereocenters. The molecule has 1 aliphatic rings. The molecule has 0 saturated carbocycles. The van der Waals surface area contributed by atoms with Crippen LogP contribution in [0.5, 0.6) is 0 Å². The normalized spacial score (nSPS) is 16.7. The summed E-state index contributed by atoms with van der Waals surface area (Å²) in [5.74, 6) is -0.0813. The van der Waals surface area contributed by atoms with Gasteiger partial charge in [0.25, 0.3) is 0 Å². The van der Waals surface area contributed by atoms with Crippen molar-refractivity contribution in [2.45, 2.75) is 51.4 Å². The Morgan fingerprint density at radius 1 is 1.00 bits per heavy atom. The maximum absolute atomic E-state index is 13.1. The topological polar surface area (TPSA) is 52.8 Å². The lowest BCUT2D eigenvalue weighted by molar-refractivity contribution is -0.137. The predicted molar refractivity (Wildman–Crippen MR) is 142 cm³/mol. The van der Waals surface area contributed by atoms with E-state index in [-0.39, 0.29) is 11.9 Å². The first-order chi connectivity index (χ1) is 17.6. The molecule has 3 rings (SSSR count). The number of carbonyl (C=O) groups is 1. The van der Waals surface area contributed by atoms with Gasteiger partial charge >= 0.3 is 6.18 Å². The minimum Gasteiger partial charge on any atom is -0.339 e. The van der Waals surface area contributed by atoms with Crippen molar-refractivity contribution in [3.8, 4) is 0 Å². The SMILES string of the molecule is CCN(CC)CCCC(c1ccc(C(F)(F)F)cc1)N1CCN(C(=O)[C@H](N)Cc2ccc(Cl)cc2)CC1. The zero-order chi connectivity index (χ0) is 27.0. The number of carbonyl (C=O) groups excluding carboxylic acids is 1. The van der Waals surface area contributed by atoms with Crippen LogP contribution >= 0.6 is 11.6 Å². The third kappa shape index (κ3) is 8.43. The summed E-state index contributed by atoms with van der Waals surface area (Å²) in [7, 11) is 0. The van der Waals surface area contributed by atoms with Gasteiger partial charge in [-0.25, -0.2) is 0 Å². The quantitative estimate of drug-likeness (QED) is 0.425. The van der Waals surface area contributed by atoms with Crippen molar-refractivity contribution in [3.63, 3.8) is 0 Å². The third-order valence-electron chi connectivity index (χ3n) is 7.22. The first kappa shape index (κ1) is 29.4. The first-order valence-corrected chi connectivity index (χ1v) is 13.4. The molecular formula is C28H38ClF3N4O. The van der Waals surface area contributed by atoms with Gasteiger partial charge in [0.15, 0.2) is 0 Å². The lowest BCUT2D eigenvalue weighted by Crippen LogP contribution is -2.54. The van der Waals surface area contributed by atoms with Crippen LogP contribution in [0.15, 0.2) is 48.5 Å². The van der Waals surface area contributed by atoms with E-state index in [9.17, 15) is 18.0 Å². The standard InChI is InChI=1S/C28H38ClF3N4O/c1-3-34(4-2)15-5-6-26(22-9-11-23(12-10-22)28(30,31)32)35-16-18-36(19-17-35)27(37)25(33)20-21-7-13-24(29)14-8-21/h7-14,25-26H,3-6,15-20,33H2,1-2H3/t25-,26?/m1/s1. The number of nitrogens with zero attached hydrogens (tertiary/aromatic N) is 3. The lowest BCUT2D eigenvalue weighted by atomic mass is 9.97. The Hall–Kier alpha value is -2.13. The Kier molecular flexibility index (Phi) is 10.8. The summed E-state index contributed by atoms with van der Waals surface area (Å²) in [6.45, 7) is 9.53. The molecule has 0 aliphatic carbocycles. The zero-order valence-electron chi connectivity index (χ0n) is 21.7. The van der Waals surface area contributed by atoms with Gasteiger partial charge in [-0.2, -0.15) is 13.2 Å². The molecule has 1 amide bonds. The molecule has 0 spiro atoms. The first-order valence-electron chi connectivity index (χ1n) is 13.0. The summed E-state index contributed by atoms with van der Waals surface area (Å²) in [6, 6.07) is 12.2. The molecule has 1 heterocycles. The van der Waals surface area contributed by atoms with E-state index in [0.717, 1.165) is 43.6 Å². The van der Waals surface area contributed by atoms with Gasteiger partial charge in [0.1, 0.15) is 0 Å². The highest BCUT2D eigenvalue weighted by Gasteiger charge is 2.32. The molecule has 2 atom stereocenters. The van der Waals surface area contributed by atoms with Crippen molar-refractivity contribution < 1.29 is 18.0 Å². The second-order valence-electron chi connectivity index (χ2n) is 9.60. The van der Waals surface area contributed by atoms with E-state index >= 15 is 0 Å². The molecule has 5 nitrogen and oxygen atoms in total. The summed E-state index contributed by atoms with van der Waals surface area (Å²) < 4.78 is 39.3. The van der Waals surface area contributed by atoms with E-state index in [1.807, 2.05) is 12.1 Å². The van der Waals surface area contributed by atoms with Gasteiger partial charge < -0.3 is 15.5 Å². The van der Waals surface area contributed by atoms with Gasteiger partial charge in [-0.15, -0.1) is 0 Å². The Labute approximate surface area is 223 Å². The summed E-state index contributed by atoms with van der Waals surface area (Å²) in [5.41, 5.74) is 7.44. The van der Waals surface area contributed by atoms with Crippen molar-refractivity contribution in [2.75, 3.05) is 45.8 Å². The van der Waals surface area contributed by atoms with Crippen LogP contribution in [-0.4, -0.2) is 72.5 Å². The van der Waals surface area contributed by atoms with Crippen LogP contribution in [0, 0.1) is 0 Å². The van der Waals surface area contributed by atoms with Crippen molar-refractivity contribution in [3.05, 3.63) is 70.2 Å². The largest absolute Gasteiger partial charge is 0.416 e.